The fourth-order valence-corrected chi connectivity index (χ4v) is 3.20. The molecular formula is C16H21N3O4S. The topological polar surface area (TPSA) is 80.6 Å². The number of nitrogens with one attached hydrogen (secondary N) is 1. The van der Waals surface area contributed by atoms with Crippen molar-refractivity contribution in [2.24, 2.45) is 7.05 Å². The molecule has 7 nitrogen and oxygen atoms in total. The van der Waals surface area contributed by atoms with Crippen molar-refractivity contribution < 1.29 is 17.9 Å². The van der Waals surface area contributed by atoms with E-state index in [1.165, 1.54) is 20.2 Å². The van der Waals surface area contributed by atoms with Gasteiger partial charge in [0.25, 0.3) is 5.91 Å². The lowest BCUT2D eigenvalue weighted by Crippen LogP contribution is -2.23. The normalized spacial score (nSPS) is 11.5. The first-order valence-electron chi connectivity index (χ1n) is 7.39. The molecular weight excluding hydrogens is 330 g/mol. The molecule has 0 spiro atoms. The van der Waals surface area contributed by atoms with Gasteiger partial charge in [-0.15, -0.1) is 0 Å². The number of rotatable bonds is 6. The average Bonchev–Trinajstić information content (AvgIpc) is 2.95. The summed E-state index contributed by atoms with van der Waals surface area (Å²) in [6.07, 6.45) is 1.76. The molecule has 2 rings (SSSR count). The van der Waals surface area contributed by atoms with Gasteiger partial charge in [0.05, 0.1) is 6.61 Å². The van der Waals surface area contributed by atoms with Gasteiger partial charge in [-0.05, 0) is 37.3 Å². The molecule has 0 bridgehead atoms. The highest BCUT2D eigenvalue weighted by molar-refractivity contribution is 7.89. The molecule has 1 aromatic heterocycles. The van der Waals surface area contributed by atoms with Crippen LogP contribution in [0, 0.1) is 0 Å². The minimum atomic E-state index is -3.70. The molecule has 1 amide bonds. The van der Waals surface area contributed by atoms with Gasteiger partial charge in [-0.25, -0.2) is 12.7 Å². The van der Waals surface area contributed by atoms with Crippen LogP contribution >= 0.6 is 0 Å². The van der Waals surface area contributed by atoms with E-state index in [0.29, 0.717) is 18.0 Å². The lowest BCUT2D eigenvalue weighted by molar-refractivity contribution is 0.101. The second kappa shape index (κ2) is 7.06. The van der Waals surface area contributed by atoms with Gasteiger partial charge in [-0.2, -0.15) is 0 Å². The van der Waals surface area contributed by atoms with Crippen molar-refractivity contribution in [1.29, 1.82) is 0 Å². The zero-order valence-electron chi connectivity index (χ0n) is 14.1. The lowest BCUT2D eigenvalue weighted by Gasteiger charge is -2.16. The summed E-state index contributed by atoms with van der Waals surface area (Å²) in [6, 6.07) is 8.00. The lowest BCUT2D eigenvalue weighted by atomic mass is 10.3. The van der Waals surface area contributed by atoms with Crippen molar-refractivity contribution in [2.75, 3.05) is 26.0 Å². The van der Waals surface area contributed by atoms with Gasteiger partial charge in [0.15, 0.2) is 0 Å². The fraction of sp³-hybridized carbons (Fsp3) is 0.312. The highest BCUT2D eigenvalue weighted by Crippen LogP contribution is 2.29. The summed E-state index contributed by atoms with van der Waals surface area (Å²) in [7, 11) is 0.950. The van der Waals surface area contributed by atoms with E-state index in [-0.39, 0.29) is 16.6 Å². The molecule has 0 aliphatic carbocycles. The maximum atomic E-state index is 12.5. The third-order valence-corrected chi connectivity index (χ3v) is 5.27. The minimum Gasteiger partial charge on any atom is -0.492 e. The third-order valence-electron chi connectivity index (χ3n) is 3.44. The van der Waals surface area contributed by atoms with Crippen LogP contribution in [0.15, 0.2) is 41.4 Å². The Hall–Kier alpha value is -2.32. The molecule has 1 N–H and O–H groups in total. The Kier molecular flexibility index (Phi) is 5.30. The maximum Gasteiger partial charge on any atom is 0.272 e. The van der Waals surface area contributed by atoms with E-state index in [9.17, 15) is 13.2 Å². The summed E-state index contributed by atoms with van der Waals surface area (Å²) in [5, 5.41) is 2.71. The quantitative estimate of drug-likeness (QED) is 0.862. The summed E-state index contributed by atoms with van der Waals surface area (Å²) >= 11 is 0. The van der Waals surface area contributed by atoms with Crippen LogP contribution in [0.2, 0.25) is 0 Å². The Bertz CT molecular complexity index is 841. The molecule has 0 fully saturated rings. The van der Waals surface area contributed by atoms with E-state index in [4.69, 9.17) is 4.74 Å². The Morgan fingerprint density at radius 2 is 2.00 bits per heavy atom. The standard InChI is InChI=1S/C16H21N3O4S/c1-5-23-14-9-8-12(11-15(14)24(21,22)18(2)3)17-16(20)13-7-6-10-19(13)4/h6-11H,5H2,1-4H3,(H,17,20). The number of hydrogen-bond acceptors (Lipinski definition) is 4. The second-order valence-electron chi connectivity index (χ2n) is 5.34. The van der Waals surface area contributed by atoms with Gasteiger partial charge in [0.1, 0.15) is 16.3 Å². The number of hydrogen-bond donors (Lipinski definition) is 1. The van der Waals surface area contributed by atoms with E-state index in [0.717, 1.165) is 4.31 Å². The molecule has 0 radical (unpaired) electrons. The first-order chi connectivity index (χ1) is 11.3. The number of carbonyl (C=O) groups is 1. The molecule has 0 aliphatic rings. The van der Waals surface area contributed by atoms with Crippen molar-refractivity contribution in [3.8, 4) is 5.75 Å². The first-order valence-corrected chi connectivity index (χ1v) is 8.83. The average molecular weight is 351 g/mol. The van der Waals surface area contributed by atoms with Crippen molar-refractivity contribution in [1.82, 2.24) is 8.87 Å². The van der Waals surface area contributed by atoms with E-state index in [1.54, 1.807) is 49.0 Å². The van der Waals surface area contributed by atoms with Crippen molar-refractivity contribution >= 4 is 21.6 Å². The van der Waals surface area contributed by atoms with Gasteiger partial charge < -0.3 is 14.6 Å². The van der Waals surface area contributed by atoms with E-state index < -0.39 is 10.0 Å². The van der Waals surface area contributed by atoms with Crippen LogP contribution in [-0.2, 0) is 17.1 Å². The van der Waals surface area contributed by atoms with E-state index in [1.807, 2.05) is 0 Å². The van der Waals surface area contributed by atoms with Gasteiger partial charge in [0.2, 0.25) is 10.0 Å². The van der Waals surface area contributed by atoms with Gasteiger partial charge in [-0.1, -0.05) is 0 Å². The van der Waals surface area contributed by atoms with Gasteiger partial charge in [0, 0.05) is 33.0 Å². The number of nitrogens with zero attached hydrogens (tertiary/aromatic N) is 2. The van der Waals surface area contributed by atoms with Crippen molar-refractivity contribution in [2.45, 2.75) is 11.8 Å². The molecule has 1 aromatic carbocycles. The molecule has 8 heteroatoms. The number of anilines is 1. The molecule has 0 unspecified atom stereocenters. The Morgan fingerprint density at radius 1 is 1.29 bits per heavy atom. The third kappa shape index (κ3) is 3.60. The van der Waals surface area contributed by atoms with Gasteiger partial charge >= 0.3 is 0 Å². The predicted octanol–water partition coefficient (Wildman–Crippen LogP) is 1.93. The second-order valence-corrected chi connectivity index (χ2v) is 7.46. The SMILES string of the molecule is CCOc1ccc(NC(=O)c2cccn2C)cc1S(=O)(=O)N(C)C. The Labute approximate surface area is 141 Å². The van der Waals surface area contributed by atoms with Crippen molar-refractivity contribution in [3.63, 3.8) is 0 Å². The van der Waals surface area contributed by atoms with Crippen LogP contribution in [0.5, 0.6) is 5.75 Å². The van der Waals surface area contributed by atoms with E-state index in [2.05, 4.69) is 5.32 Å². The van der Waals surface area contributed by atoms with Crippen LogP contribution in [-0.4, -0.2) is 43.9 Å². The molecule has 0 aliphatic heterocycles. The summed E-state index contributed by atoms with van der Waals surface area (Å²) in [5.74, 6) is -0.0667. The first kappa shape index (κ1) is 18.0. The fourth-order valence-electron chi connectivity index (χ4n) is 2.15. The number of aromatic nitrogens is 1. The Balaban J connectivity index is 2.39. The van der Waals surface area contributed by atoms with Crippen LogP contribution in [0.3, 0.4) is 0 Å². The number of aryl methyl sites for hydroxylation is 1. The zero-order chi connectivity index (χ0) is 17.9. The molecule has 2 aromatic rings. The largest absolute Gasteiger partial charge is 0.492 e. The molecule has 130 valence electrons. The highest BCUT2D eigenvalue weighted by atomic mass is 32.2. The van der Waals surface area contributed by atoms with Crippen LogP contribution in [0.4, 0.5) is 5.69 Å². The molecule has 1 heterocycles. The van der Waals surface area contributed by atoms with Crippen LogP contribution in [0.1, 0.15) is 17.4 Å². The van der Waals surface area contributed by atoms with Gasteiger partial charge in [-0.3, -0.25) is 4.79 Å². The van der Waals surface area contributed by atoms with Crippen LogP contribution in [0.25, 0.3) is 0 Å². The number of ether oxygens (including phenoxy) is 1. The Morgan fingerprint density at radius 3 is 2.54 bits per heavy atom. The monoisotopic (exact) mass is 351 g/mol. The zero-order valence-corrected chi connectivity index (χ0v) is 14.9. The number of benzene rings is 1. The van der Waals surface area contributed by atoms with E-state index >= 15 is 0 Å². The molecule has 0 saturated carbocycles. The highest BCUT2D eigenvalue weighted by Gasteiger charge is 2.23. The number of sulfonamides is 1. The molecule has 0 atom stereocenters. The summed E-state index contributed by atoms with van der Waals surface area (Å²) in [4.78, 5) is 12.3. The number of carbonyl (C=O) groups excluding carboxylic acids is 1. The van der Waals surface area contributed by atoms with Crippen molar-refractivity contribution in [3.05, 3.63) is 42.2 Å². The summed E-state index contributed by atoms with van der Waals surface area (Å²) in [5.41, 5.74) is 0.853. The van der Waals surface area contributed by atoms with Crippen LogP contribution < -0.4 is 10.1 Å². The maximum absolute atomic E-state index is 12.5. The minimum absolute atomic E-state index is 0.0130. The molecule has 0 saturated heterocycles. The molecule has 24 heavy (non-hydrogen) atoms. The predicted molar refractivity (Wildman–Crippen MR) is 91.9 cm³/mol. The number of amides is 1. The smallest absolute Gasteiger partial charge is 0.272 e. The summed E-state index contributed by atoms with van der Waals surface area (Å²) in [6.45, 7) is 2.11. The summed E-state index contributed by atoms with van der Waals surface area (Å²) < 4.78 is 33.1.